The van der Waals surface area contributed by atoms with Gasteiger partial charge in [0.15, 0.2) is 9.84 Å². The lowest BCUT2D eigenvalue weighted by atomic mass is 10.0. The lowest BCUT2D eigenvalue weighted by molar-refractivity contribution is 0.189. The predicted octanol–water partition coefficient (Wildman–Crippen LogP) is 3.85. The van der Waals surface area contributed by atoms with Crippen molar-refractivity contribution in [3.05, 3.63) is 63.4 Å². The molecule has 0 aliphatic carbocycles. The Morgan fingerprint density at radius 3 is 2.40 bits per heavy atom. The first-order valence-corrected chi connectivity index (χ1v) is 11.3. The molecule has 0 aliphatic rings. The average molecular weight is 501 g/mol. The second kappa shape index (κ2) is 9.10. The van der Waals surface area contributed by atoms with E-state index in [0.29, 0.717) is 4.47 Å². The predicted molar refractivity (Wildman–Crippen MR) is 112 cm³/mol. The van der Waals surface area contributed by atoms with E-state index in [0.717, 1.165) is 24.5 Å². The van der Waals surface area contributed by atoms with E-state index in [1.54, 1.807) is 12.1 Å². The van der Waals surface area contributed by atoms with Crippen LogP contribution in [0.15, 0.2) is 34.8 Å². The number of amides is 1. The number of carboxylic acid groups (broad SMARTS) is 1. The van der Waals surface area contributed by atoms with Gasteiger partial charge in [0.25, 0.3) is 0 Å². The molecule has 0 saturated heterocycles. The maximum atomic E-state index is 13.5. The van der Waals surface area contributed by atoms with Gasteiger partial charge in [-0.1, -0.05) is 5.92 Å². The first-order chi connectivity index (χ1) is 13.8. The number of carbonyl (C=O) groups is 1. The van der Waals surface area contributed by atoms with Crippen LogP contribution in [0.4, 0.5) is 13.6 Å². The van der Waals surface area contributed by atoms with Gasteiger partial charge in [-0.15, -0.1) is 0 Å². The van der Waals surface area contributed by atoms with E-state index < -0.39 is 38.4 Å². The summed E-state index contributed by atoms with van der Waals surface area (Å²) < 4.78 is 49.8. The number of halogens is 3. The normalized spacial score (nSPS) is 12.6. The van der Waals surface area contributed by atoms with Crippen LogP contribution in [0, 0.1) is 23.5 Å². The summed E-state index contributed by atoms with van der Waals surface area (Å²) in [5, 5.41) is 11.5. The van der Waals surface area contributed by atoms with Crippen LogP contribution in [-0.4, -0.2) is 35.6 Å². The highest BCUT2D eigenvalue weighted by Gasteiger charge is 2.27. The monoisotopic (exact) mass is 500 g/mol. The Balaban J connectivity index is 2.47. The number of rotatable bonds is 5. The molecule has 30 heavy (non-hydrogen) atoms. The highest BCUT2D eigenvalue weighted by Crippen LogP contribution is 2.26. The van der Waals surface area contributed by atoms with Gasteiger partial charge in [-0.3, -0.25) is 0 Å². The van der Waals surface area contributed by atoms with Gasteiger partial charge >= 0.3 is 6.09 Å². The van der Waals surface area contributed by atoms with E-state index in [1.165, 1.54) is 13.8 Å². The summed E-state index contributed by atoms with van der Waals surface area (Å²) in [5.74, 6) is 3.78. The van der Waals surface area contributed by atoms with Crippen molar-refractivity contribution in [3.8, 4) is 11.8 Å². The van der Waals surface area contributed by atoms with Crippen molar-refractivity contribution >= 4 is 31.9 Å². The Bertz CT molecular complexity index is 1120. The van der Waals surface area contributed by atoms with E-state index >= 15 is 0 Å². The van der Waals surface area contributed by atoms with E-state index in [4.69, 9.17) is 0 Å². The Kier molecular flexibility index (Phi) is 7.21. The molecule has 1 heterocycles. The Morgan fingerprint density at radius 1 is 1.27 bits per heavy atom. The third-order valence-corrected chi connectivity index (χ3v) is 6.91. The van der Waals surface area contributed by atoms with E-state index in [1.807, 2.05) is 0 Å². The molecule has 0 saturated carbocycles. The number of hydrogen-bond donors (Lipinski definition) is 2. The van der Waals surface area contributed by atoms with Crippen LogP contribution < -0.4 is 5.32 Å². The largest absolute Gasteiger partial charge is 0.465 e. The molecule has 0 radical (unpaired) electrons. The molecule has 160 valence electrons. The second-order valence-electron chi connectivity index (χ2n) is 7.08. The molecule has 0 bridgehead atoms. The molecule has 0 spiro atoms. The summed E-state index contributed by atoms with van der Waals surface area (Å²) in [6.45, 7) is 2.92. The topological polar surface area (TPSA) is 96.4 Å². The van der Waals surface area contributed by atoms with Crippen molar-refractivity contribution in [2.75, 3.05) is 6.26 Å². The second-order valence-corrected chi connectivity index (χ2v) is 10.5. The molecular weight excluding hydrogens is 482 g/mol. The number of hydrogen-bond acceptors (Lipinski definition) is 4. The lowest BCUT2D eigenvalue weighted by Gasteiger charge is -2.18. The van der Waals surface area contributed by atoms with E-state index in [-0.39, 0.29) is 23.4 Å². The van der Waals surface area contributed by atoms with Gasteiger partial charge in [0.2, 0.25) is 0 Å². The maximum absolute atomic E-state index is 13.5. The van der Waals surface area contributed by atoms with Gasteiger partial charge in [-0.2, -0.15) is 0 Å². The van der Waals surface area contributed by atoms with Crippen molar-refractivity contribution in [3.63, 3.8) is 0 Å². The van der Waals surface area contributed by atoms with Crippen LogP contribution in [0.25, 0.3) is 0 Å². The number of nitrogens with zero attached hydrogens (tertiary/aromatic N) is 1. The highest BCUT2D eigenvalue weighted by molar-refractivity contribution is 9.10. The fourth-order valence-corrected chi connectivity index (χ4v) is 3.14. The van der Waals surface area contributed by atoms with Crippen molar-refractivity contribution < 1.29 is 27.1 Å². The van der Waals surface area contributed by atoms with Gasteiger partial charge in [-0.05, 0) is 71.9 Å². The Morgan fingerprint density at radius 2 is 1.87 bits per heavy atom. The third kappa shape index (κ3) is 6.24. The fraction of sp³-hybridized carbons (Fsp3) is 0.300. The van der Waals surface area contributed by atoms with Crippen molar-refractivity contribution in [1.29, 1.82) is 0 Å². The molecule has 2 aromatic rings. The smallest absolute Gasteiger partial charge is 0.405 e. The van der Waals surface area contributed by atoms with Crippen LogP contribution in [0.1, 0.15) is 36.8 Å². The van der Waals surface area contributed by atoms with Crippen LogP contribution in [0.3, 0.4) is 0 Å². The fourth-order valence-electron chi connectivity index (χ4n) is 2.41. The average Bonchev–Trinajstić information content (AvgIpc) is 2.58. The van der Waals surface area contributed by atoms with Gasteiger partial charge in [0.1, 0.15) is 22.1 Å². The number of pyridine rings is 1. The van der Waals surface area contributed by atoms with Crippen LogP contribution >= 0.6 is 15.9 Å². The van der Waals surface area contributed by atoms with Crippen LogP contribution in [0.2, 0.25) is 0 Å². The zero-order valence-electron chi connectivity index (χ0n) is 16.3. The van der Waals surface area contributed by atoms with Crippen molar-refractivity contribution in [1.82, 2.24) is 10.3 Å². The molecule has 10 heteroatoms. The molecule has 0 unspecified atom stereocenters. The van der Waals surface area contributed by atoms with Gasteiger partial charge in [0.05, 0.1) is 11.7 Å². The van der Waals surface area contributed by atoms with E-state index in [2.05, 4.69) is 38.1 Å². The number of aromatic nitrogens is 1. The number of sulfone groups is 1. The molecule has 0 aliphatic heterocycles. The minimum absolute atomic E-state index is 0.0711. The van der Waals surface area contributed by atoms with Crippen LogP contribution in [-0.2, 0) is 16.3 Å². The molecule has 1 atom stereocenters. The Hall–Kier alpha value is -2.51. The Labute approximate surface area is 181 Å². The summed E-state index contributed by atoms with van der Waals surface area (Å²) in [6.07, 6.45) is -0.342. The molecule has 1 amide bonds. The SMILES string of the molecule is CC(C)(C#Cc1ccc(Br)c([C@H](Cc2cc(F)cc(F)c2)NC(=O)O)n1)S(C)(=O)=O. The maximum Gasteiger partial charge on any atom is 0.405 e. The third-order valence-electron chi connectivity index (χ3n) is 4.28. The minimum Gasteiger partial charge on any atom is -0.465 e. The lowest BCUT2D eigenvalue weighted by Crippen LogP contribution is -2.30. The summed E-state index contributed by atoms with van der Waals surface area (Å²) in [4.78, 5) is 15.6. The van der Waals surface area contributed by atoms with Gasteiger partial charge in [-0.25, -0.2) is 27.0 Å². The first kappa shape index (κ1) is 23.8. The molecule has 6 nitrogen and oxygen atoms in total. The quantitative estimate of drug-likeness (QED) is 0.607. The van der Waals surface area contributed by atoms with Crippen molar-refractivity contribution in [2.24, 2.45) is 0 Å². The highest BCUT2D eigenvalue weighted by atomic mass is 79.9. The van der Waals surface area contributed by atoms with Gasteiger partial charge < -0.3 is 10.4 Å². The summed E-state index contributed by atoms with van der Waals surface area (Å²) >= 11 is 3.30. The molecule has 2 N–H and O–H groups in total. The minimum atomic E-state index is -3.44. The molecular formula is C20H19BrF2N2O4S. The summed E-state index contributed by atoms with van der Waals surface area (Å²) in [5.41, 5.74) is 0.688. The summed E-state index contributed by atoms with van der Waals surface area (Å²) in [6, 6.07) is 5.11. The zero-order valence-corrected chi connectivity index (χ0v) is 18.7. The van der Waals surface area contributed by atoms with Gasteiger partial charge in [0, 0.05) is 16.8 Å². The molecule has 0 fully saturated rings. The number of nitrogens with one attached hydrogen (secondary N) is 1. The standard InChI is InChI=1S/C20H19BrF2N2O4S/c1-20(2,30(3,28)29)7-6-15-4-5-16(21)18(24-15)17(25-19(26)27)10-12-8-13(22)11-14(23)9-12/h4-5,8-9,11,17,25H,10H2,1-3H3,(H,26,27)/t17-/m0/s1. The number of benzene rings is 1. The first-order valence-electron chi connectivity index (χ1n) is 8.62. The van der Waals surface area contributed by atoms with E-state index in [9.17, 15) is 27.1 Å². The zero-order chi connectivity index (χ0) is 22.7. The molecule has 1 aromatic carbocycles. The molecule has 1 aromatic heterocycles. The van der Waals surface area contributed by atoms with Crippen LogP contribution in [0.5, 0.6) is 0 Å². The van der Waals surface area contributed by atoms with Crippen molar-refractivity contribution in [2.45, 2.75) is 31.1 Å². The molecule has 2 rings (SSSR count). The summed E-state index contributed by atoms with van der Waals surface area (Å²) in [7, 11) is -3.44.